The third-order valence-corrected chi connectivity index (χ3v) is 7.54. The molecule has 2 aromatic heterocycles. The number of nitrogens with two attached hydrogens (primary N) is 1. The number of aromatic amines is 1. The number of pyridine rings is 1. The molecule has 1 atom stereocenters. The van der Waals surface area contributed by atoms with E-state index in [0.717, 1.165) is 10.9 Å². The van der Waals surface area contributed by atoms with Crippen LogP contribution in [-0.4, -0.2) is 36.2 Å². The van der Waals surface area contributed by atoms with Gasteiger partial charge in [0.15, 0.2) is 0 Å². The molecule has 4 rings (SSSR count). The van der Waals surface area contributed by atoms with Crippen LogP contribution in [-0.2, 0) is 0 Å². The lowest BCUT2D eigenvalue weighted by atomic mass is 10.1. The van der Waals surface area contributed by atoms with E-state index in [1.807, 2.05) is 18.2 Å². The van der Waals surface area contributed by atoms with Crippen LogP contribution in [0.1, 0.15) is 23.2 Å². The Labute approximate surface area is 166 Å². The molecule has 0 bridgehead atoms. The van der Waals surface area contributed by atoms with Gasteiger partial charge in [-0.1, -0.05) is 37.0 Å². The molecule has 1 aliphatic carbocycles. The number of alkyl halides is 3. The number of anilines is 1. The Morgan fingerprint density at radius 1 is 1.31 bits per heavy atom. The van der Waals surface area contributed by atoms with E-state index in [9.17, 15) is 18.0 Å². The number of benzene rings is 1. The van der Waals surface area contributed by atoms with Crippen molar-refractivity contribution in [2.45, 2.75) is 44.7 Å². The highest BCUT2D eigenvalue weighted by atomic mass is 28.3. The quantitative estimate of drug-likeness (QED) is 0.543. The van der Waals surface area contributed by atoms with Crippen LogP contribution in [0.3, 0.4) is 0 Å². The average Bonchev–Trinajstić information content (AvgIpc) is 3.36. The minimum absolute atomic E-state index is 0.117. The molecule has 2 heterocycles. The SMILES string of the molecule is C[Si](C)(C)c1ccc2c(c1)[nH]c1c(C(N)=O)cnc(NC(C3CC3)C(F)(F)F)c12. The zero-order chi connectivity index (χ0) is 21.1. The summed E-state index contributed by atoms with van der Waals surface area (Å²) in [4.78, 5) is 19.3. The maximum atomic E-state index is 13.6. The summed E-state index contributed by atoms with van der Waals surface area (Å²) in [6.07, 6.45) is -2.07. The van der Waals surface area contributed by atoms with E-state index in [0.29, 0.717) is 23.7 Å². The molecule has 0 spiro atoms. The number of nitrogens with one attached hydrogen (secondary N) is 2. The summed E-state index contributed by atoms with van der Waals surface area (Å²) in [6.45, 7) is 6.64. The number of rotatable bonds is 5. The van der Waals surface area contributed by atoms with Crippen molar-refractivity contribution in [1.29, 1.82) is 0 Å². The first-order chi connectivity index (χ1) is 13.5. The van der Waals surface area contributed by atoms with E-state index >= 15 is 0 Å². The molecule has 3 aromatic rings. The molecule has 9 heteroatoms. The maximum Gasteiger partial charge on any atom is 0.408 e. The van der Waals surface area contributed by atoms with Gasteiger partial charge in [0.25, 0.3) is 5.91 Å². The second-order valence-electron chi connectivity index (χ2n) is 8.77. The molecule has 0 aliphatic heterocycles. The molecule has 0 saturated heterocycles. The lowest BCUT2D eigenvalue weighted by Crippen LogP contribution is -2.38. The zero-order valence-corrected chi connectivity index (χ0v) is 17.4. The van der Waals surface area contributed by atoms with Gasteiger partial charge in [-0.2, -0.15) is 13.2 Å². The van der Waals surface area contributed by atoms with Gasteiger partial charge >= 0.3 is 6.18 Å². The Balaban J connectivity index is 1.93. The van der Waals surface area contributed by atoms with Gasteiger partial charge in [0, 0.05) is 17.1 Å². The number of carbonyl (C=O) groups is 1. The highest BCUT2D eigenvalue weighted by Crippen LogP contribution is 2.43. The molecule has 1 aromatic carbocycles. The highest BCUT2D eigenvalue weighted by Gasteiger charge is 2.49. The topological polar surface area (TPSA) is 83.8 Å². The third-order valence-electron chi connectivity index (χ3n) is 5.50. The van der Waals surface area contributed by atoms with Crippen molar-refractivity contribution < 1.29 is 18.0 Å². The van der Waals surface area contributed by atoms with Gasteiger partial charge in [-0.05, 0) is 24.8 Å². The van der Waals surface area contributed by atoms with Crippen LogP contribution in [0.15, 0.2) is 24.4 Å². The number of carbonyl (C=O) groups excluding carboxylic acids is 1. The van der Waals surface area contributed by atoms with Crippen LogP contribution in [0.25, 0.3) is 21.8 Å². The fourth-order valence-corrected chi connectivity index (χ4v) is 4.87. The largest absolute Gasteiger partial charge is 0.408 e. The summed E-state index contributed by atoms with van der Waals surface area (Å²) < 4.78 is 40.7. The third kappa shape index (κ3) is 3.59. The highest BCUT2D eigenvalue weighted by molar-refractivity contribution is 6.88. The normalized spacial score (nSPS) is 16.3. The Kier molecular flexibility index (Phi) is 4.41. The molecule has 1 unspecified atom stereocenters. The van der Waals surface area contributed by atoms with Crippen molar-refractivity contribution in [2.24, 2.45) is 11.7 Å². The minimum Gasteiger partial charge on any atom is -0.365 e. The summed E-state index contributed by atoms with van der Waals surface area (Å²) in [7, 11) is -1.60. The van der Waals surface area contributed by atoms with Crippen molar-refractivity contribution in [3.8, 4) is 0 Å². The number of aromatic nitrogens is 2. The first kappa shape index (κ1) is 19.7. The van der Waals surface area contributed by atoms with E-state index in [1.54, 1.807) is 0 Å². The summed E-state index contributed by atoms with van der Waals surface area (Å²) in [6, 6.07) is 4.24. The van der Waals surface area contributed by atoms with E-state index in [1.165, 1.54) is 11.4 Å². The van der Waals surface area contributed by atoms with Crippen molar-refractivity contribution in [1.82, 2.24) is 9.97 Å². The summed E-state index contributed by atoms with van der Waals surface area (Å²) in [5.41, 5.74) is 6.82. The Morgan fingerprint density at radius 2 is 2.00 bits per heavy atom. The standard InChI is InChI=1S/C20H23F3N4OSi/c1-29(2,3)11-6-7-12-14(8-11)26-16-13(18(24)28)9-25-19(15(12)16)27-17(10-4-5-10)20(21,22)23/h6-10,17,26H,4-5H2,1-3H3,(H2,24,28)(H,25,27). The van der Waals surface area contributed by atoms with Crippen molar-refractivity contribution in [3.05, 3.63) is 30.0 Å². The Bertz CT molecular complexity index is 1110. The van der Waals surface area contributed by atoms with E-state index in [-0.39, 0.29) is 11.4 Å². The Hall–Kier alpha value is -2.55. The molecular weight excluding hydrogens is 397 g/mol. The second kappa shape index (κ2) is 6.48. The molecule has 4 N–H and O–H groups in total. The second-order valence-corrected chi connectivity index (χ2v) is 13.8. The first-order valence-corrected chi connectivity index (χ1v) is 13.0. The maximum absolute atomic E-state index is 13.6. The monoisotopic (exact) mass is 420 g/mol. The van der Waals surface area contributed by atoms with E-state index < -0.39 is 32.1 Å². The van der Waals surface area contributed by atoms with Gasteiger partial charge in [0.2, 0.25) is 0 Å². The van der Waals surface area contributed by atoms with Crippen LogP contribution >= 0.6 is 0 Å². The van der Waals surface area contributed by atoms with Gasteiger partial charge in [-0.3, -0.25) is 4.79 Å². The van der Waals surface area contributed by atoms with Crippen LogP contribution in [0, 0.1) is 5.92 Å². The summed E-state index contributed by atoms with van der Waals surface area (Å²) in [5.74, 6) is -1.02. The molecule has 154 valence electrons. The number of halogens is 3. The van der Waals surface area contributed by atoms with Crippen LogP contribution < -0.4 is 16.2 Å². The number of hydrogen-bond donors (Lipinski definition) is 3. The average molecular weight is 421 g/mol. The van der Waals surface area contributed by atoms with Gasteiger partial charge < -0.3 is 16.0 Å². The fourth-order valence-electron chi connectivity index (χ4n) is 3.71. The smallest absolute Gasteiger partial charge is 0.365 e. The first-order valence-electron chi connectivity index (χ1n) is 9.55. The number of nitrogens with zero attached hydrogens (tertiary/aromatic N) is 1. The molecule has 0 radical (unpaired) electrons. The molecule has 1 amide bonds. The number of hydrogen-bond acceptors (Lipinski definition) is 3. The van der Waals surface area contributed by atoms with Crippen LogP contribution in [0.4, 0.5) is 19.0 Å². The van der Waals surface area contributed by atoms with Crippen molar-refractivity contribution >= 4 is 46.8 Å². The molecular formula is C20H23F3N4OSi. The predicted octanol–water partition coefficient (Wildman–Crippen LogP) is 4.11. The molecule has 1 aliphatic rings. The van der Waals surface area contributed by atoms with E-state index in [4.69, 9.17) is 5.73 Å². The van der Waals surface area contributed by atoms with Crippen LogP contribution in [0.5, 0.6) is 0 Å². The molecule has 1 saturated carbocycles. The number of primary amides is 1. The van der Waals surface area contributed by atoms with Gasteiger partial charge in [0.1, 0.15) is 11.9 Å². The van der Waals surface area contributed by atoms with Gasteiger partial charge in [0.05, 0.1) is 24.5 Å². The molecule has 29 heavy (non-hydrogen) atoms. The van der Waals surface area contributed by atoms with Gasteiger partial charge in [-0.25, -0.2) is 4.98 Å². The number of fused-ring (bicyclic) bond motifs is 3. The number of amides is 1. The van der Waals surface area contributed by atoms with Crippen LogP contribution in [0.2, 0.25) is 19.6 Å². The predicted molar refractivity (Wildman–Crippen MR) is 111 cm³/mol. The number of H-pyrrole nitrogens is 1. The molecule has 1 fully saturated rings. The van der Waals surface area contributed by atoms with Gasteiger partial charge in [-0.15, -0.1) is 0 Å². The minimum atomic E-state index is -4.38. The van der Waals surface area contributed by atoms with E-state index in [2.05, 4.69) is 34.9 Å². The lowest BCUT2D eigenvalue weighted by Gasteiger charge is -2.22. The lowest BCUT2D eigenvalue weighted by molar-refractivity contribution is -0.146. The molecule has 5 nitrogen and oxygen atoms in total. The zero-order valence-electron chi connectivity index (χ0n) is 16.4. The summed E-state index contributed by atoms with van der Waals surface area (Å²) in [5, 5.41) is 5.00. The summed E-state index contributed by atoms with van der Waals surface area (Å²) >= 11 is 0. The van der Waals surface area contributed by atoms with Crippen molar-refractivity contribution in [2.75, 3.05) is 5.32 Å². The Morgan fingerprint density at radius 3 is 2.55 bits per heavy atom. The fraction of sp³-hybridized carbons (Fsp3) is 0.400. The van der Waals surface area contributed by atoms with Crippen molar-refractivity contribution in [3.63, 3.8) is 0 Å².